The van der Waals surface area contributed by atoms with Gasteiger partial charge in [0.1, 0.15) is 0 Å². The Balaban J connectivity index is 1.67. The number of carbonyl (C=O) groups excluding carboxylic acids is 1. The Bertz CT molecular complexity index is 1060. The third kappa shape index (κ3) is 5.81. The first-order valence-electron chi connectivity index (χ1n) is 9.86. The Morgan fingerprint density at radius 1 is 1.17 bits per heavy atom. The molecule has 0 aliphatic carbocycles. The summed E-state index contributed by atoms with van der Waals surface area (Å²) in [6.45, 7) is 3.53. The lowest BCUT2D eigenvalue weighted by molar-refractivity contribution is -0.120. The first kappa shape index (κ1) is 22.3. The van der Waals surface area contributed by atoms with E-state index in [9.17, 15) is 9.59 Å². The molecule has 30 heavy (non-hydrogen) atoms. The van der Waals surface area contributed by atoms with Gasteiger partial charge in [0.15, 0.2) is 0 Å². The quantitative estimate of drug-likeness (QED) is 0.530. The number of nitrogens with zero attached hydrogens (tertiary/aromatic N) is 1. The van der Waals surface area contributed by atoms with Gasteiger partial charge in [-0.25, -0.2) is 0 Å². The van der Waals surface area contributed by atoms with Gasteiger partial charge in [-0.1, -0.05) is 17.7 Å². The second-order valence-electron chi connectivity index (χ2n) is 7.25. The Labute approximate surface area is 185 Å². The highest BCUT2D eigenvalue weighted by molar-refractivity contribution is 7.07. The van der Waals surface area contributed by atoms with Crippen LogP contribution < -0.4 is 16.2 Å². The summed E-state index contributed by atoms with van der Waals surface area (Å²) < 4.78 is 1.69. The van der Waals surface area contributed by atoms with Crippen LogP contribution in [0.4, 0.5) is 0 Å². The zero-order chi connectivity index (χ0) is 21.5. The van der Waals surface area contributed by atoms with Gasteiger partial charge in [0.05, 0.1) is 6.42 Å². The van der Waals surface area contributed by atoms with E-state index >= 15 is 0 Å². The van der Waals surface area contributed by atoms with Crippen molar-refractivity contribution in [3.8, 4) is 0 Å². The first-order valence-corrected chi connectivity index (χ1v) is 11.2. The highest BCUT2D eigenvalue weighted by Crippen LogP contribution is 2.16. The van der Waals surface area contributed by atoms with Gasteiger partial charge < -0.3 is 15.2 Å². The van der Waals surface area contributed by atoms with Gasteiger partial charge in [-0.3, -0.25) is 9.59 Å². The SMILES string of the molecule is CNCc1ccc(Cl)cc1CNC(=O)Cc1c(C)ccn(CCc2ccsc2)c1=O. The molecule has 0 saturated heterocycles. The fraction of sp³-hybridized carbons (Fsp3) is 0.304. The largest absolute Gasteiger partial charge is 0.352 e. The molecule has 0 aliphatic rings. The van der Waals surface area contributed by atoms with Crippen LogP contribution in [0.15, 0.2) is 52.1 Å². The average molecular weight is 444 g/mol. The minimum absolute atomic E-state index is 0.0614. The fourth-order valence-electron chi connectivity index (χ4n) is 3.33. The molecule has 0 saturated carbocycles. The van der Waals surface area contributed by atoms with Crippen LogP contribution in [0.25, 0.3) is 0 Å². The van der Waals surface area contributed by atoms with E-state index in [0.717, 1.165) is 23.1 Å². The normalized spacial score (nSPS) is 10.9. The number of nitrogens with one attached hydrogen (secondary N) is 2. The average Bonchev–Trinajstić information content (AvgIpc) is 3.24. The van der Waals surface area contributed by atoms with Crippen LogP contribution in [0.5, 0.6) is 0 Å². The molecule has 0 radical (unpaired) electrons. The predicted molar refractivity (Wildman–Crippen MR) is 123 cm³/mol. The van der Waals surface area contributed by atoms with Crippen LogP contribution in [0, 0.1) is 6.92 Å². The number of aromatic nitrogens is 1. The topological polar surface area (TPSA) is 63.1 Å². The van der Waals surface area contributed by atoms with Gasteiger partial charge >= 0.3 is 0 Å². The van der Waals surface area contributed by atoms with Gasteiger partial charge in [-0.15, -0.1) is 0 Å². The number of hydrogen-bond acceptors (Lipinski definition) is 4. The molecule has 3 aromatic rings. The molecule has 0 spiro atoms. The molecule has 2 aromatic heterocycles. The number of carbonyl (C=O) groups is 1. The Morgan fingerprint density at radius 2 is 2.00 bits per heavy atom. The summed E-state index contributed by atoms with van der Waals surface area (Å²) in [4.78, 5) is 25.5. The predicted octanol–water partition coefficient (Wildman–Crippen LogP) is 3.69. The number of thiophene rings is 1. The molecule has 2 heterocycles. The number of aryl methyl sites for hydroxylation is 3. The van der Waals surface area contributed by atoms with Crippen molar-refractivity contribution >= 4 is 28.8 Å². The Morgan fingerprint density at radius 3 is 2.73 bits per heavy atom. The van der Waals surface area contributed by atoms with Crippen LogP contribution >= 0.6 is 22.9 Å². The van der Waals surface area contributed by atoms with Gasteiger partial charge in [-0.2, -0.15) is 11.3 Å². The van der Waals surface area contributed by atoms with E-state index in [0.29, 0.717) is 30.2 Å². The van der Waals surface area contributed by atoms with E-state index in [1.807, 2.05) is 43.6 Å². The van der Waals surface area contributed by atoms with Crippen molar-refractivity contribution in [2.24, 2.45) is 0 Å². The van der Waals surface area contributed by atoms with Crippen LogP contribution in [0.3, 0.4) is 0 Å². The number of amides is 1. The van der Waals surface area contributed by atoms with Crippen molar-refractivity contribution in [2.45, 2.75) is 39.4 Å². The third-order valence-electron chi connectivity index (χ3n) is 5.07. The number of pyridine rings is 1. The lowest BCUT2D eigenvalue weighted by Crippen LogP contribution is -2.31. The number of benzene rings is 1. The molecule has 5 nitrogen and oxygen atoms in total. The van der Waals surface area contributed by atoms with E-state index in [1.165, 1.54) is 5.56 Å². The van der Waals surface area contributed by atoms with Gasteiger partial charge in [0.2, 0.25) is 5.91 Å². The van der Waals surface area contributed by atoms with Crippen molar-refractivity contribution in [1.82, 2.24) is 15.2 Å². The second-order valence-corrected chi connectivity index (χ2v) is 8.47. The Kier molecular flexibility index (Phi) is 7.85. The number of halogens is 1. The van der Waals surface area contributed by atoms with Gasteiger partial charge in [0, 0.05) is 36.4 Å². The molecule has 0 atom stereocenters. The monoisotopic (exact) mass is 443 g/mol. The van der Waals surface area contributed by atoms with Crippen LogP contribution in [0.2, 0.25) is 5.02 Å². The van der Waals surface area contributed by atoms with E-state index in [4.69, 9.17) is 11.6 Å². The lowest BCUT2D eigenvalue weighted by Gasteiger charge is -2.13. The van der Waals surface area contributed by atoms with E-state index in [1.54, 1.807) is 22.1 Å². The summed E-state index contributed by atoms with van der Waals surface area (Å²) in [7, 11) is 1.87. The van der Waals surface area contributed by atoms with E-state index < -0.39 is 0 Å². The van der Waals surface area contributed by atoms with E-state index in [2.05, 4.69) is 22.1 Å². The lowest BCUT2D eigenvalue weighted by atomic mass is 10.1. The molecule has 7 heteroatoms. The van der Waals surface area contributed by atoms with Crippen LogP contribution in [-0.4, -0.2) is 17.5 Å². The molecule has 0 unspecified atom stereocenters. The minimum Gasteiger partial charge on any atom is -0.352 e. The van der Waals surface area contributed by atoms with Crippen molar-refractivity contribution in [3.63, 3.8) is 0 Å². The van der Waals surface area contributed by atoms with Crippen molar-refractivity contribution in [1.29, 1.82) is 0 Å². The molecule has 158 valence electrons. The standard InChI is InChI=1S/C23H26ClN3O2S/c1-16-5-8-27(9-6-17-7-10-30-15-17)23(29)21(16)12-22(28)26-14-19-11-20(24)4-3-18(19)13-25-2/h3-5,7-8,10-11,15,25H,6,9,12-14H2,1-2H3,(H,26,28). The molecule has 0 aliphatic heterocycles. The summed E-state index contributed by atoms with van der Waals surface area (Å²) in [5, 5.41) is 10.8. The molecular weight excluding hydrogens is 418 g/mol. The van der Waals surface area contributed by atoms with Crippen molar-refractivity contribution < 1.29 is 4.79 Å². The Hall–Kier alpha value is -2.41. The summed E-state index contributed by atoms with van der Waals surface area (Å²) in [6.07, 6.45) is 2.66. The maximum atomic E-state index is 12.9. The summed E-state index contributed by atoms with van der Waals surface area (Å²) in [5.74, 6) is -0.179. The molecule has 0 fully saturated rings. The van der Waals surface area contributed by atoms with Gasteiger partial charge in [-0.05, 0) is 77.7 Å². The highest BCUT2D eigenvalue weighted by Gasteiger charge is 2.13. The molecule has 3 rings (SSSR count). The van der Waals surface area contributed by atoms with E-state index in [-0.39, 0.29) is 17.9 Å². The maximum Gasteiger partial charge on any atom is 0.254 e. The van der Waals surface area contributed by atoms with Crippen molar-refractivity contribution in [3.05, 3.63) is 90.5 Å². The maximum absolute atomic E-state index is 12.9. The number of rotatable bonds is 9. The van der Waals surface area contributed by atoms with Crippen LogP contribution in [0.1, 0.15) is 27.8 Å². The molecule has 1 aromatic carbocycles. The number of hydrogen-bond donors (Lipinski definition) is 2. The van der Waals surface area contributed by atoms with Crippen LogP contribution in [-0.2, 0) is 37.3 Å². The molecular formula is C23H26ClN3O2S. The summed E-state index contributed by atoms with van der Waals surface area (Å²) in [5.41, 5.74) is 4.53. The minimum atomic E-state index is -0.179. The van der Waals surface area contributed by atoms with Crippen molar-refractivity contribution in [2.75, 3.05) is 7.05 Å². The second kappa shape index (κ2) is 10.6. The van der Waals surface area contributed by atoms with Gasteiger partial charge in [0.25, 0.3) is 5.56 Å². The molecule has 0 bridgehead atoms. The smallest absolute Gasteiger partial charge is 0.254 e. The summed E-state index contributed by atoms with van der Waals surface area (Å²) >= 11 is 7.76. The zero-order valence-electron chi connectivity index (χ0n) is 17.2. The highest BCUT2D eigenvalue weighted by atomic mass is 35.5. The first-order chi connectivity index (χ1) is 14.5. The molecule has 1 amide bonds. The summed E-state index contributed by atoms with van der Waals surface area (Å²) in [6, 6.07) is 9.62. The third-order valence-corrected chi connectivity index (χ3v) is 6.04. The fourth-order valence-corrected chi connectivity index (χ4v) is 4.22. The molecule has 2 N–H and O–H groups in total. The zero-order valence-corrected chi connectivity index (χ0v) is 18.8.